The average molecular weight is 215 g/mol. The Kier molecular flexibility index (Phi) is 11.9. The highest BCUT2D eigenvalue weighted by atomic mass is 16.3. The molecule has 1 unspecified atom stereocenters. The number of rotatable bonds is 11. The molecule has 2 N–H and O–H groups in total. The molecule has 0 fully saturated rings. The molecule has 1 atom stereocenters. The van der Waals surface area contributed by atoms with Gasteiger partial charge < -0.3 is 10.4 Å². The van der Waals surface area contributed by atoms with Crippen molar-refractivity contribution < 1.29 is 5.11 Å². The van der Waals surface area contributed by atoms with Gasteiger partial charge in [-0.2, -0.15) is 0 Å². The van der Waals surface area contributed by atoms with Crippen molar-refractivity contribution in [2.24, 2.45) is 0 Å². The molecule has 2 heteroatoms. The second kappa shape index (κ2) is 12.0. The predicted octanol–water partition coefficient (Wildman–Crippen LogP) is 3.10. The third-order valence-electron chi connectivity index (χ3n) is 2.68. The summed E-state index contributed by atoms with van der Waals surface area (Å²) >= 11 is 0. The van der Waals surface area contributed by atoms with E-state index in [2.05, 4.69) is 12.2 Å². The van der Waals surface area contributed by atoms with Crippen molar-refractivity contribution in [3.8, 4) is 0 Å². The Hall–Kier alpha value is -0.0800. The Morgan fingerprint density at radius 2 is 1.53 bits per heavy atom. The van der Waals surface area contributed by atoms with E-state index < -0.39 is 0 Å². The van der Waals surface area contributed by atoms with Crippen LogP contribution < -0.4 is 5.32 Å². The molecule has 0 aliphatic carbocycles. The summed E-state index contributed by atoms with van der Waals surface area (Å²) in [5, 5.41) is 12.5. The molecule has 0 saturated carbocycles. The molecule has 0 radical (unpaired) electrons. The summed E-state index contributed by atoms with van der Waals surface area (Å²) in [4.78, 5) is 0. The van der Waals surface area contributed by atoms with E-state index in [1.165, 1.54) is 38.5 Å². The van der Waals surface area contributed by atoms with Crippen LogP contribution in [-0.4, -0.2) is 24.3 Å². The first kappa shape index (κ1) is 14.9. The molecule has 0 aliphatic rings. The first-order valence-corrected chi connectivity index (χ1v) is 6.66. The third-order valence-corrected chi connectivity index (χ3v) is 2.68. The minimum atomic E-state index is -0.138. The number of hydrogen-bond donors (Lipinski definition) is 2. The summed E-state index contributed by atoms with van der Waals surface area (Å²) in [5.41, 5.74) is 0. The Morgan fingerprint density at radius 1 is 0.933 bits per heavy atom. The van der Waals surface area contributed by atoms with Crippen LogP contribution in [0.15, 0.2) is 0 Å². The monoisotopic (exact) mass is 215 g/mol. The van der Waals surface area contributed by atoms with Crippen LogP contribution in [-0.2, 0) is 0 Å². The number of nitrogens with one attached hydrogen (secondary N) is 1. The van der Waals surface area contributed by atoms with E-state index in [4.69, 9.17) is 5.11 Å². The summed E-state index contributed by atoms with van der Waals surface area (Å²) in [5.74, 6) is 0. The fourth-order valence-electron chi connectivity index (χ4n) is 1.68. The standard InChI is InChI=1S/C13H29NO/c1-3-4-5-6-7-8-11-14-12-9-10-13(2)15/h13-15H,3-12H2,1-2H3. The van der Waals surface area contributed by atoms with Gasteiger partial charge in [0.1, 0.15) is 0 Å². The first-order chi connectivity index (χ1) is 7.27. The van der Waals surface area contributed by atoms with Crippen LogP contribution in [0, 0.1) is 0 Å². The number of aliphatic hydroxyl groups excluding tert-OH is 1. The maximum atomic E-state index is 9.05. The molecular formula is C13H29NO. The third kappa shape index (κ3) is 13.9. The van der Waals surface area contributed by atoms with Gasteiger partial charge in [0.2, 0.25) is 0 Å². The second-order valence-electron chi connectivity index (χ2n) is 4.51. The van der Waals surface area contributed by atoms with Crippen molar-refractivity contribution in [2.45, 2.75) is 71.3 Å². The van der Waals surface area contributed by atoms with Crippen LogP contribution >= 0.6 is 0 Å². The van der Waals surface area contributed by atoms with Crippen molar-refractivity contribution >= 4 is 0 Å². The highest BCUT2D eigenvalue weighted by molar-refractivity contribution is 4.52. The maximum absolute atomic E-state index is 9.05. The summed E-state index contributed by atoms with van der Waals surface area (Å²) < 4.78 is 0. The van der Waals surface area contributed by atoms with E-state index in [0.717, 1.165) is 25.9 Å². The van der Waals surface area contributed by atoms with Gasteiger partial charge >= 0.3 is 0 Å². The highest BCUT2D eigenvalue weighted by Gasteiger charge is 1.94. The van der Waals surface area contributed by atoms with E-state index >= 15 is 0 Å². The van der Waals surface area contributed by atoms with E-state index in [9.17, 15) is 0 Å². The number of aliphatic hydroxyl groups is 1. The van der Waals surface area contributed by atoms with Gasteiger partial charge in [0.25, 0.3) is 0 Å². The van der Waals surface area contributed by atoms with Crippen molar-refractivity contribution in [1.82, 2.24) is 5.32 Å². The summed E-state index contributed by atoms with van der Waals surface area (Å²) in [6, 6.07) is 0. The van der Waals surface area contributed by atoms with Gasteiger partial charge in [-0.15, -0.1) is 0 Å². The molecule has 0 aliphatic heterocycles. The Labute approximate surface area is 95.5 Å². The molecule has 0 bridgehead atoms. The van der Waals surface area contributed by atoms with Gasteiger partial charge in [0.05, 0.1) is 6.10 Å². The van der Waals surface area contributed by atoms with Crippen LogP contribution in [0.1, 0.15) is 65.2 Å². The Balaban J connectivity index is 2.87. The summed E-state index contributed by atoms with van der Waals surface area (Å²) in [7, 11) is 0. The highest BCUT2D eigenvalue weighted by Crippen LogP contribution is 2.04. The van der Waals surface area contributed by atoms with Crippen LogP contribution in [0.25, 0.3) is 0 Å². The number of unbranched alkanes of at least 4 members (excludes halogenated alkanes) is 5. The predicted molar refractivity (Wildman–Crippen MR) is 67.2 cm³/mol. The lowest BCUT2D eigenvalue weighted by Gasteiger charge is -2.06. The average Bonchev–Trinajstić information content (AvgIpc) is 2.20. The molecule has 2 nitrogen and oxygen atoms in total. The molecule has 0 heterocycles. The fraction of sp³-hybridized carbons (Fsp3) is 1.00. The van der Waals surface area contributed by atoms with Crippen molar-refractivity contribution in [1.29, 1.82) is 0 Å². The van der Waals surface area contributed by atoms with E-state index in [-0.39, 0.29) is 6.10 Å². The van der Waals surface area contributed by atoms with Gasteiger partial charge in [0.15, 0.2) is 0 Å². The quantitative estimate of drug-likeness (QED) is 0.519. The molecule has 0 aromatic carbocycles. The van der Waals surface area contributed by atoms with Crippen LogP contribution in [0.3, 0.4) is 0 Å². The normalized spacial score (nSPS) is 13.0. The molecule has 0 aromatic rings. The molecule has 0 amide bonds. The van der Waals surface area contributed by atoms with Crippen LogP contribution in [0.2, 0.25) is 0 Å². The molecule has 0 aromatic heterocycles. The van der Waals surface area contributed by atoms with Crippen molar-refractivity contribution in [3.63, 3.8) is 0 Å². The fourth-order valence-corrected chi connectivity index (χ4v) is 1.68. The summed E-state index contributed by atoms with van der Waals surface area (Å²) in [6.45, 7) is 6.31. The van der Waals surface area contributed by atoms with Crippen molar-refractivity contribution in [3.05, 3.63) is 0 Å². The van der Waals surface area contributed by atoms with Crippen molar-refractivity contribution in [2.75, 3.05) is 13.1 Å². The molecule has 0 saturated heterocycles. The zero-order valence-electron chi connectivity index (χ0n) is 10.6. The topological polar surface area (TPSA) is 32.3 Å². The van der Waals surface area contributed by atoms with Gasteiger partial charge in [0, 0.05) is 0 Å². The van der Waals surface area contributed by atoms with Crippen LogP contribution in [0.5, 0.6) is 0 Å². The van der Waals surface area contributed by atoms with Gasteiger partial charge in [-0.05, 0) is 39.3 Å². The summed E-state index contributed by atoms with van der Waals surface area (Å²) in [6.07, 6.45) is 10.1. The largest absolute Gasteiger partial charge is 0.393 e. The zero-order chi connectivity index (χ0) is 11.4. The zero-order valence-corrected chi connectivity index (χ0v) is 10.6. The smallest absolute Gasteiger partial charge is 0.0512 e. The first-order valence-electron chi connectivity index (χ1n) is 6.66. The molecule has 0 rings (SSSR count). The Bertz CT molecular complexity index is 115. The molecule has 0 spiro atoms. The van der Waals surface area contributed by atoms with Gasteiger partial charge in [-0.3, -0.25) is 0 Å². The molecule has 15 heavy (non-hydrogen) atoms. The molecule has 92 valence electrons. The van der Waals surface area contributed by atoms with Crippen LogP contribution in [0.4, 0.5) is 0 Å². The minimum absolute atomic E-state index is 0.138. The lowest BCUT2D eigenvalue weighted by molar-refractivity contribution is 0.181. The van der Waals surface area contributed by atoms with Gasteiger partial charge in [-0.25, -0.2) is 0 Å². The number of hydrogen-bond acceptors (Lipinski definition) is 2. The minimum Gasteiger partial charge on any atom is -0.393 e. The maximum Gasteiger partial charge on any atom is 0.0512 e. The lowest BCUT2D eigenvalue weighted by atomic mass is 10.1. The lowest BCUT2D eigenvalue weighted by Crippen LogP contribution is -2.17. The van der Waals surface area contributed by atoms with E-state index in [0.29, 0.717) is 0 Å². The Morgan fingerprint density at radius 3 is 2.20 bits per heavy atom. The van der Waals surface area contributed by atoms with E-state index in [1.807, 2.05) is 6.92 Å². The SMILES string of the molecule is CCCCCCCCNCCCC(C)O. The van der Waals surface area contributed by atoms with E-state index in [1.54, 1.807) is 0 Å². The molecular weight excluding hydrogens is 186 g/mol. The van der Waals surface area contributed by atoms with Gasteiger partial charge in [-0.1, -0.05) is 39.0 Å². The second-order valence-corrected chi connectivity index (χ2v) is 4.51.